The highest BCUT2D eigenvalue weighted by atomic mass is 16.3. The van der Waals surface area contributed by atoms with Crippen LogP contribution in [0.1, 0.15) is 46.0 Å². The molecule has 0 aromatic carbocycles. The molecule has 0 aromatic rings. The maximum atomic E-state index is 10.4. The van der Waals surface area contributed by atoms with Crippen LogP contribution in [0, 0.1) is 23.2 Å². The van der Waals surface area contributed by atoms with Crippen LogP contribution in [0.5, 0.6) is 0 Å². The van der Waals surface area contributed by atoms with E-state index in [0.29, 0.717) is 5.41 Å². The molecule has 0 amide bonds. The second-order valence-corrected chi connectivity index (χ2v) is 6.32. The summed E-state index contributed by atoms with van der Waals surface area (Å²) in [5.74, 6) is 2.53. The molecule has 4 fully saturated rings. The highest BCUT2D eigenvalue weighted by molar-refractivity contribution is 5.09. The number of hydrogen-bond acceptors (Lipinski definition) is 1. The van der Waals surface area contributed by atoms with Crippen LogP contribution < -0.4 is 0 Å². The van der Waals surface area contributed by atoms with Gasteiger partial charge in [-0.1, -0.05) is 13.8 Å². The Morgan fingerprint density at radius 2 is 2.00 bits per heavy atom. The molecule has 0 aliphatic heterocycles. The van der Waals surface area contributed by atoms with Gasteiger partial charge in [-0.15, -0.1) is 0 Å². The fourth-order valence-corrected chi connectivity index (χ4v) is 4.78. The predicted octanol–water partition coefficient (Wildman–Crippen LogP) is 2.58. The van der Waals surface area contributed by atoms with Gasteiger partial charge in [0, 0.05) is 0 Å². The lowest BCUT2D eigenvalue weighted by Gasteiger charge is -2.62. The van der Waals surface area contributed by atoms with E-state index in [1.165, 1.54) is 12.8 Å². The minimum absolute atomic E-state index is 0.257. The zero-order chi connectivity index (χ0) is 9.27. The molecule has 0 aromatic heterocycles. The van der Waals surface area contributed by atoms with E-state index in [9.17, 15) is 5.11 Å². The summed E-state index contributed by atoms with van der Waals surface area (Å²) in [6.07, 6.45) is 6.06. The van der Waals surface area contributed by atoms with Gasteiger partial charge < -0.3 is 5.11 Å². The van der Waals surface area contributed by atoms with Gasteiger partial charge in [-0.25, -0.2) is 0 Å². The summed E-state index contributed by atoms with van der Waals surface area (Å²) < 4.78 is 0. The summed E-state index contributed by atoms with van der Waals surface area (Å²) in [4.78, 5) is 0. The first-order chi connectivity index (χ1) is 6.01. The molecule has 4 saturated carbocycles. The summed E-state index contributed by atoms with van der Waals surface area (Å²) in [6.45, 7) is 4.81. The molecule has 13 heavy (non-hydrogen) atoms. The maximum Gasteiger partial charge on any atom is 0.0658 e. The predicted molar refractivity (Wildman–Crippen MR) is 52.3 cm³/mol. The number of rotatable bonds is 0. The van der Waals surface area contributed by atoms with Crippen LogP contribution in [-0.4, -0.2) is 10.7 Å². The van der Waals surface area contributed by atoms with Crippen LogP contribution >= 0.6 is 0 Å². The van der Waals surface area contributed by atoms with Gasteiger partial charge in [0.15, 0.2) is 0 Å². The molecule has 4 bridgehead atoms. The van der Waals surface area contributed by atoms with E-state index >= 15 is 0 Å². The molecule has 5 atom stereocenters. The third-order valence-corrected chi connectivity index (χ3v) is 5.24. The monoisotopic (exact) mass is 180 g/mol. The van der Waals surface area contributed by atoms with Crippen molar-refractivity contribution in [3.63, 3.8) is 0 Å². The van der Waals surface area contributed by atoms with E-state index < -0.39 is 0 Å². The Kier molecular flexibility index (Phi) is 1.36. The van der Waals surface area contributed by atoms with E-state index in [1.807, 2.05) is 0 Å². The van der Waals surface area contributed by atoms with Gasteiger partial charge in [0.05, 0.1) is 5.60 Å². The van der Waals surface area contributed by atoms with Crippen molar-refractivity contribution in [3.8, 4) is 0 Å². The summed E-state index contributed by atoms with van der Waals surface area (Å²) in [7, 11) is 0. The van der Waals surface area contributed by atoms with E-state index in [4.69, 9.17) is 0 Å². The average molecular weight is 180 g/mol. The van der Waals surface area contributed by atoms with E-state index in [2.05, 4.69) is 13.8 Å². The standard InChI is InChI=1S/C12H20O/c1-8-10-3-9-4-11(8,2)7-12(13,5-9)6-10/h8-10,13H,3-7H2,1-2H3. The van der Waals surface area contributed by atoms with Crippen molar-refractivity contribution < 1.29 is 5.11 Å². The Hall–Kier alpha value is -0.0400. The van der Waals surface area contributed by atoms with Crippen LogP contribution in [0.15, 0.2) is 0 Å². The van der Waals surface area contributed by atoms with Crippen LogP contribution in [-0.2, 0) is 0 Å². The molecular weight excluding hydrogens is 160 g/mol. The highest BCUT2D eigenvalue weighted by Gasteiger charge is 2.58. The first-order valence-corrected chi connectivity index (χ1v) is 5.73. The number of hydrogen-bond donors (Lipinski definition) is 1. The Labute approximate surface area is 80.5 Å². The van der Waals surface area contributed by atoms with Gasteiger partial charge in [0.2, 0.25) is 0 Å². The molecule has 4 rings (SSSR count). The van der Waals surface area contributed by atoms with Crippen LogP contribution in [0.4, 0.5) is 0 Å². The first kappa shape index (κ1) is 8.28. The molecule has 0 saturated heterocycles. The lowest BCUT2D eigenvalue weighted by Crippen LogP contribution is -2.58. The Bertz CT molecular complexity index is 250. The highest BCUT2D eigenvalue weighted by Crippen LogP contribution is 2.63. The zero-order valence-electron chi connectivity index (χ0n) is 8.71. The van der Waals surface area contributed by atoms with E-state index in [-0.39, 0.29) is 5.60 Å². The summed E-state index contributed by atoms with van der Waals surface area (Å²) in [5.41, 5.74) is 0.214. The van der Waals surface area contributed by atoms with E-state index in [1.54, 1.807) is 0 Å². The SMILES string of the molecule is CC1C2CC3CC(O)(C2)CC1(C)C3. The zero-order valence-corrected chi connectivity index (χ0v) is 8.71. The topological polar surface area (TPSA) is 20.2 Å². The van der Waals surface area contributed by atoms with Crippen LogP contribution in [0.2, 0.25) is 0 Å². The normalized spacial score (nSPS) is 64.4. The Morgan fingerprint density at radius 1 is 1.23 bits per heavy atom. The molecule has 1 heteroatoms. The lowest BCUT2D eigenvalue weighted by molar-refractivity contribution is -0.185. The second-order valence-electron chi connectivity index (χ2n) is 6.32. The van der Waals surface area contributed by atoms with Gasteiger partial charge in [-0.2, -0.15) is 0 Å². The molecule has 1 N–H and O–H groups in total. The number of aliphatic hydroxyl groups is 1. The largest absolute Gasteiger partial charge is 0.390 e. The fraction of sp³-hybridized carbons (Fsp3) is 1.00. The molecule has 1 nitrogen and oxygen atoms in total. The minimum atomic E-state index is -0.257. The van der Waals surface area contributed by atoms with Gasteiger partial charge in [0.25, 0.3) is 0 Å². The van der Waals surface area contributed by atoms with Crippen LogP contribution in [0.3, 0.4) is 0 Å². The quantitative estimate of drug-likeness (QED) is 0.607. The van der Waals surface area contributed by atoms with Gasteiger partial charge in [-0.05, 0) is 55.3 Å². The summed E-state index contributed by atoms with van der Waals surface area (Å²) >= 11 is 0. The molecule has 5 unspecified atom stereocenters. The van der Waals surface area contributed by atoms with Crippen molar-refractivity contribution in [1.82, 2.24) is 0 Å². The minimum Gasteiger partial charge on any atom is -0.390 e. The van der Waals surface area contributed by atoms with E-state index in [0.717, 1.165) is 37.0 Å². The van der Waals surface area contributed by atoms with Gasteiger partial charge in [0.1, 0.15) is 0 Å². The van der Waals surface area contributed by atoms with Gasteiger partial charge >= 0.3 is 0 Å². The molecular formula is C12H20O. The second kappa shape index (κ2) is 2.13. The summed E-state index contributed by atoms with van der Waals surface area (Å²) in [5, 5.41) is 10.4. The van der Waals surface area contributed by atoms with Crippen LogP contribution in [0.25, 0.3) is 0 Å². The van der Waals surface area contributed by atoms with Crippen molar-refractivity contribution in [3.05, 3.63) is 0 Å². The average Bonchev–Trinajstić information content (AvgIpc) is 1.96. The van der Waals surface area contributed by atoms with Crippen molar-refractivity contribution in [2.45, 2.75) is 51.6 Å². The molecule has 4 aliphatic carbocycles. The molecule has 0 radical (unpaired) electrons. The van der Waals surface area contributed by atoms with Crippen molar-refractivity contribution in [2.75, 3.05) is 0 Å². The Morgan fingerprint density at radius 3 is 2.62 bits per heavy atom. The summed E-state index contributed by atoms with van der Waals surface area (Å²) in [6, 6.07) is 0. The lowest BCUT2D eigenvalue weighted by atomic mass is 9.44. The maximum absolute atomic E-state index is 10.4. The molecule has 0 spiro atoms. The third-order valence-electron chi connectivity index (χ3n) is 5.24. The molecule has 4 aliphatic rings. The third kappa shape index (κ3) is 0.971. The van der Waals surface area contributed by atoms with Crippen molar-refractivity contribution in [1.29, 1.82) is 0 Å². The van der Waals surface area contributed by atoms with Crippen molar-refractivity contribution >= 4 is 0 Å². The molecule has 74 valence electrons. The van der Waals surface area contributed by atoms with Gasteiger partial charge in [-0.3, -0.25) is 0 Å². The first-order valence-electron chi connectivity index (χ1n) is 5.73. The van der Waals surface area contributed by atoms with Crippen molar-refractivity contribution in [2.24, 2.45) is 23.2 Å². The Balaban J connectivity index is 2.01. The smallest absolute Gasteiger partial charge is 0.0658 e. The molecule has 0 heterocycles. The fourth-order valence-electron chi connectivity index (χ4n) is 4.78.